The standard InChI is InChI=1S/C15H11ClO3/c16-13(10-6-2-1-3-7-10)14(17)11-8-4-5-9-12(11)15(18)19/h1-9,13H,(H,18,19). The van der Waals surface area contributed by atoms with Crippen LogP contribution in [-0.4, -0.2) is 16.9 Å². The molecular weight excluding hydrogens is 264 g/mol. The SMILES string of the molecule is O=C(O)c1ccccc1C(=O)C(Cl)c1ccccc1. The topological polar surface area (TPSA) is 54.4 Å². The molecule has 2 rings (SSSR count). The van der Waals surface area contributed by atoms with Gasteiger partial charge in [0.2, 0.25) is 0 Å². The number of alkyl halides is 1. The highest BCUT2D eigenvalue weighted by Crippen LogP contribution is 2.26. The van der Waals surface area contributed by atoms with Crippen LogP contribution in [-0.2, 0) is 0 Å². The molecule has 4 heteroatoms. The summed E-state index contributed by atoms with van der Waals surface area (Å²) in [4.78, 5) is 23.4. The van der Waals surface area contributed by atoms with Crippen molar-refractivity contribution in [3.05, 3.63) is 71.3 Å². The number of benzene rings is 2. The van der Waals surface area contributed by atoms with E-state index in [1.807, 2.05) is 6.07 Å². The van der Waals surface area contributed by atoms with E-state index in [0.29, 0.717) is 5.56 Å². The van der Waals surface area contributed by atoms with Crippen molar-refractivity contribution in [1.29, 1.82) is 0 Å². The Hall–Kier alpha value is -2.13. The number of Topliss-reactive ketones (excluding diaryl/α,β-unsaturated/α-hetero) is 1. The maximum Gasteiger partial charge on any atom is 0.336 e. The molecule has 96 valence electrons. The van der Waals surface area contributed by atoms with Gasteiger partial charge in [0.25, 0.3) is 0 Å². The summed E-state index contributed by atoms with van der Waals surface area (Å²) >= 11 is 6.13. The van der Waals surface area contributed by atoms with Crippen LogP contribution in [0.2, 0.25) is 0 Å². The van der Waals surface area contributed by atoms with Gasteiger partial charge in [0.15, 0.2) is 5.78 Å². The predicted molar refractivity (Wildman–Crippen MR) is 72.8 cm³/mol. The molecule has 1 unspecified atom stereocenters. The molecule has 0 heterocycles. The molecule has 0 fully saturated rings. The minimum atomic E-state index is -1.14. The quantitative estimate of drug-likeness (QED) is 0.685. The van der Waals surface area contributed by atoms with Crippen LogP contribution in [0.15, 0.2) is 54.6 Å². The largest absolute Gasteiger partial charge is 0.478 e. The smallest absolute Gasteiger partial charge is 0.336 e. The number of halogens is 1. The minimum Gasteiger partial charge on any atom is -0.478 e. The van der Waals surface area contributed by atoms with Crippen LogP contribution in [0.3, 0.4) is 0 Å². The normalized spacial score (nSPS) is 11.8. The van der Waals surface area contributed by atoms with E-state index in [4.69, 9.17) is 16.7 Å². The third kappa shape index (κ3) is 2.83. The first-order valence-electron chi connectivity index (χ1n) is 5.67. The zero-order valence-corrected chi connectivity index (χ0v) is 10.7. The Morgan fingerprint density at radius 2 is 1.42 bits per heavy atom. The van der Waals surface area contributed by atoms with Crippen LogP contribution in [0.4, 0.5) is 0 Å². The zero-order chi connectivity index (χ0) is 13.8. The van der Waals surface area contributed by atoms with Gasteiger partial charge in [-0.25, -0.2) is 4.79 Å². The van der Waals surface area contributed by atoms with Crippen molar-refractivity contribution in [2.24, 2.45) is 0 Å². The van der Waals surface area contributed by atoms with Crippen molar-refractivity contribution in [2.45, 2.75) is 5.38 Å². The third-order valence-electron chi connectivity index (χ3n) is 2.75. The van der Waals surface area contributed by atoms with Crippen molar-refractivity contribution in [3.63, 3.8) is 0 Å². The number of rotatable bonds is 4. The van der Waals surface area contributed by atoms with Gasteiger partial charge in [-0.1, -0.05) is 48.5 Å². The number of aromatic carboxylic acids is 1. The summed E-state index contributed by atoms with van der Waals surface area (Å²) in [6, 6.07) is 14.9. The molecular formula is C15H11ClO3. The van der Waals surface area contributed by atoms with Crippen molar-refractivity contribution in [2.75, 3.05) is 0 Å². The Bertz CT molecular complexity index is 608. The molecule has 1 N–H and O–H groups in total. The lowest BCUT2D eigenvalue weighted by atomic mass is 9.98. The van der Waals surface area contributed by atoms with Gasteiger partial charge in [0.05, 0.1) is 5.56 Å². The second kappa shape index (κ2) is 5.67. The highest BCUT2D eigenvalue weighted by molar-refractivity contribution is 6.34. The van der Waals surface area contributed by atoms with Gasteiger partial charge in [-0.15, -0.1) is 11.6 Å². The fraction of sp³-hybridized carbons (Fsp3) is 0.0667. The van der Waals surface area contributed by atoms with E-state index in [1.54, 1.807) is 36.4 Å². The molecule has 1 atom stereocenters. The van der Waals surface area contributed by atoms with Crippen molar-refractivity contribution >= 4 is 23.4 Å². The van der Waals surface area contributed by atoms with Gasteiger partial charge >= 0.3 is 5.97 Å². The number of hydrogen-bond donors (Lipinski definition) is 1. The second-order valence-electron chi connectivity index (χ2n) is 3.99. The fourth-order valence-electron chi connectivity index (χ4n) is 1.79. The van der Waals surface area contributed by atoms with E-state index >= 15 is 0 Å². The third-order valence-corrected chi connectivity index (χ3v) is 3.20. The van der Waals surface area contributed by atoms with E-state index in [-0.39, 0.29) is 11.1 Å². The van der Waals surface area contributed by atoms with Crippen LogP contribution in [0, 0.1) is 0 Å². The minimum absolute atomic E-state index is 0.0333. The van der Waals surface area contributed by atoms with E-state index in [2.05, 4.69) is 0 Å². The van der Waals surface area contributed by atoms with Crippen LogP contribution in [0.5, 0.6) is 0 Å². The Labute approximate surface area is 115 Å². The number of ketones is 1. The van der Waals surface area contributed by atoms with Crippen LogP contribution >= 0.6 is 11.6 Å². The highest BCUT2D eigenvalue weighted by atomic mass is 35.5. The summed E-state index contributed by atoms with van der Waals surface area (Å²) in [5, 5.41) is 8.18. The Kier molecular flexibility index (Phi) is 3.97. The van der Waals surface area contributed by atoms with Crippen molar-refractivity contribution in [3.8, 4) is 0 Å². The average molecular weight is 275 g/mol. The average Bonchev–Trinajstić information content (AvgIpc) is 2.46. The lowest BCUT2D eigenvalue weighted by Crippen LogP contribution is -2.13. The molecule has 0 aliphatic carbocycles. The molecule has 2 aromatic rings. The molecule has 2 aromatic carbocycles. The molecule has 0 radical (unpaired) electrons. The fourth-order valence-corrected chi connectivity index (χ4v) is 2.06. The van der Waals surface area contributed by atoms with Gasteiger partial charge in [-0.2, -0.15) is 0 Å². The summed E-state index contributed by atoms with van der Waals surface area (Å²) in [5.74, 6) is -1.55. The van der Waals surface area contributed by atoms with E-state index in [0.717, 1.165) is 0 Å². The van der Waals surface area contributed by atoms with Gasteiger partial charge in [-0.3, -0.25) is 4.79 Å². The highest BCUT2D eigenvalue weighted by Gasteiger charge is 2.23. The van der Waals surface area contributed by atoms with E-state index < -0.39 is 17.1 Å². The number of carboxylic acid groups (broad SMARTS) is 1. The Morgan fingerprint density at radius 1 is 0.895 bits per heavy atom. The molecule has 3 nitrogen and oxygen atoms in total. The van der Waals surface area contributed by atoms with Gasteiger partial charge in [0.1, 0.15) is 5.38 Å². The van der Waals surface area contributed by atoms with Crippen LogP contribution in [0.1, 0.15) is 31.7 Å². The first-order valence-corrected chi connectivity index (χ1v) is 6.10. The Morgan fingerprint density at radius 3 is 2.00 bits per heavy atom. The molecule has 0 aromatic heterocycles. The number of carboxylic acids is 1. The number of carbonyl (C=O) groups is 2. The maximum atomic E-state index is 12.3. The lowest BCUT2D eigenvalue weighted by Gasteiger charge is -2.10. The molecule has 0 aliphatic heterocycles. The summed E-state index contributed by atoms with van der Waals surface area (Å²) in [6.07, 6.45) is 0. The first kappa shape index (κ1) is 13.3. The van der Waals surface area contributed by atoms with E-state index in [1.165, 1.54) is 12.1 Å². The van der Waals surface area contributed by atoms with Gasteiger partial charge in [-0.05, 0) is 11.6 Å². The van der Waals surface area contributed by atoms with Crippen LogP contribution < -0.4 is 0 Å². The molecule has 0 spiro atoms. The maximum absolute atomic E-state index is 12.3. The zero-order valence-electron chi connectivity index (χ0n) is 9.92. The van der Waals surface area contributed by atoms with Gasteiger partial charge < -0.3 is 5.11 Å². The first-order chi connectivity index (χ1) is 9.11. The molecule has 19 heavy (non-hydrogen) atoms. The van der Waals surface area contributed by atoms with Gasteiger partial charge in [0, 0.05) is 5.56 Å². The number of hydrogen-bond acceptors (Lipinski definition) is 2. The molecule has 0 bridgehead atoms. The summed E-state index contributed by atoms with van der Waals surface area (Å²) in [7, 11) is 0. The second-order valence-corrected chi connectivity index (χ2v) is 4.42. The van der Waals surface area contributed by atoms with E-state index in [9.17, 15) is 9.59 Å². The predicted octanol–water partition coefficient (Wildman–Crippen LogP) is 3.55. The molecule has 0 saturated carbocycles. The molecule has 0 aliphatic rings. The summed E-state index contributed by atoms with van der Waals surface area (Å²) in [5.41, 5.74) is 0.738. The van der Waals surface area contributed by atoms with Crippen molar-refractivity contribution in [1.82, 2.24) is 0 Å². The summed E-state index contributed by atoms with van der Waals surface area (Å²) < 4.78 is 0. The lowest BCUT2D eigenvalue weighted by molar-refractivity contribution is 0.0692. The Balaban J connectivity index is 2.38. The monoisotopic (exact) mass is 274 g/mol. The summed E-state index contributed by atoms with van der Waals surface area (Å²) in [6.45, 7) is 0. The molecule has 0 amide bonds. The van der Waals surface area contributed by atoms with Crippen LogP contribution in [0.25, 0.3) is 0 Å². The molecule has 0 saturated heterocycles. The van der Waals surface area contributed by atoms with Crippen molar-refractivity contribution < 1.29 is 14.7 Å². The number of carbonyl (C=O) groups excluding carboxylic acids is 1.